The normalized spacial score (nSPS) is 8.14. The van der Waals surface area contributed by atoms with Crippen LogP contribution in [-0.4, -0.2) is 11.1 Å². The molecule has 0 aliphatic carbocycles. The van der Waals surface area contributed by atoms with E-state index in [2.05, 4.69) is 0 Å². The summed E-state index contributed by atoms with van der Waals surface area (Å²) in [7, 11) is 0. The Morgan fingerprint density at radius 3 is 2.14 bits per heavy atom. The molecule has 0 spiro atoms. The van der Waals surface area contributed by atoms with E-state index >= 15 is 0 Å². The van der Waals surface area contributed by atoms with Crippen molar-refractivity contribution in [3.05, 3.63) is 12.2 Å². The molecule has 0 unspecified atom stereocenters. The second-order valence-electron chi connectivity index (χ2n) is 0.838. The minimum absolute atomic E-state index is 0. The fraction of sp³-hybridized carbons (Fsp3) is 0.250. The summed E-state index contributed by atoms with van der Waals surface area (Å²) in [5.41, 5.74) is 0. The highest BCUT2D eigenvalue weighted by atomic mass is 16.4. The van der Waals surface area contributed by atoms with Crippen LogP contribution in [-0.2, 0) is 4.79 Å². The molecule has 0 atom stereocenters. The van der Waals surface area contributed by atoms with Crippen molar-refractivity contribution < 1.29 is 9.90 Å². The number of carboxylic acid groups (broad SMARTS) is 1. The highest BCUT2D eigenvalue weighted by molar-refractivity contribution is 5.79. The fourth-order valence-corrected chi connectivity index (χ4v) is 0.143. The Kier molecular flexibility index (Phi) is 7.00. The summed E-state index contributed by atoms with van der Waals surface area (Å²) in [6.07, 6.45) is 2.56. The molecule has 0 fully saturated rings. The van der Waals surface area contributed by atoms with E-state index in [4.69, 9.17) is 5.11 Å². The predicted octanol–water partition coefficient (Wildman–Crippen LogP) is 0.809. The number of rotatable bonds is 1. The molecule has 3 nitrogen and oxygen atoms in total. The Morgan fingerprint density at radius 1 is 1.71 bits per heavy atom. The summed E-state index contributed by atoms with van der Waals surface area (Å²) in [4.78, 5) is 9.51. The van der Waals surface area contributed by atoms with Crippen LogP contribution in [0.2, 0.25) is 0 Å². The largest absolute Gasteiger partial charge is 0.478 e. The molecule has 0 aromatic carbocycles. The summed E-state index contributed by atoms with van der Waals surface area (Å²) in [5.74, 6) is -0.891. The maximum atomic E-state index is 9.51. The van der Waals surface area contributed by atoms with Gasteiger partial charge in [0.25, 0.3) is 0 Å². The van der Waals surface area contributed by atoms with Crippen LogP contribution < -0.4 is 6.15 Å². The van der Waals surface area contributed by atoms with Crippen LogP contribution in [0.15, 0.2) is 12.2 Å². The lowest BCUT2D eigenvalue weighted by atomic mass is 10.5. The van der Waals surface area contributed by atoms with Crippen LogP contribution in [0, 0.1) is 0 Å². The van der Waals surface area contributed by atoms with Crippen molar-refractivity contribution >= 4 is 5.97 Å². The van der Waals surface area contributed by atoms with E-state index in [1.165, 1.54) is 6.08 Å². The summed E-state index contributed by atoms with van der Waals surface area (Å²) in [6.45, 7) is 1.66. The zero-order valence-corrected chi connectivity index (χ0v) is 4.22. The number of carbonyl (C=O) groups is 1. The van der Waals surface area contributed by atoms with Gasteiger partial charge in [-0.1, -0.05) is 6.08 Å². The molecule has 4 N–H and O–H groups in total. The van der Waals surface area contributed by atoms with Crippen LogP contribution in [0.1, 0.15) is 6.92 Å². The second kappa shape index (κ2) is 5.17. The molecule has 3 heteroatoms. The average molecular weight is 103 g/mol. The van der Waals surface area contributed by atoms with E-state index in [1.807, 2.05) is 0 Å². The summed E-state index contributed by atoms with van der Waals surface area (Å²) < 4.78 is 0. The van der Waals surface area contributed by atoms with Gasteiger partial charge in [0.05, 0.1) is 0 Å². The minimum Gasteiger partial charge on any atom is -0.478 e. The molecule has 0 aliphatic heterocycles. The standard InChI is InChI=1S/C4H6O2.H3N/c1-2-3-4(5)6;/h2-3H,1H3,(H,5,6);1H3/b3-2+;. The molecule has 0 saturated heterocycles. The average Bonchev–Trinajstić information content (AvgIpc) is 1.35. The first-order chi connectivity index (χ1) is 2.77. The third-order valence-electron chi connectivity index (χ3n) is 0.309. The number of allylic oxidation sites excluding steroid dienone is 1. The molecular formula is C4H9NO2. The lowest BCUT2D eigenvalue weighted by Crippen LogP contribution is -1.83. The Labute approximate surface area is 42.2 Å². The predicted molar refractivity (Wildman–Crippen MR) is 27.5 cm³/mol. The quantitative estimate of drug-likeness (QED) is 0.482. The molecule has 0 saturated carbocycles. The lowest BCUT2D eigenvalue weighted by molar-refractivity contribution is -0.131. The number of hydrogen-bond donors (Lipinski definition) is 2. The van der Waals surface area contributed by atoms with Crippen LogP contribution in [0.4, 0.5) is 0 Å². The summed E-state index contributed by atoms with van der Waals surface area (Å²) >= 11 is 0. The Morgan fingerprint density at radius 2 is 2.14 bits per heavy atom. The van der Waals surface area contributed by atoms with Gasteiger partial charge in [0.1, 0.15) is 0 Å². The zero-order chi connectivity index (χ0) is 4.99. The van der Waals surface area contributed by atoms with Crippen molar-refractivity contribution in [3.8, 4) is 0 Å². The van der Waals surface area contributed by atoms with Crippen molar-refractivity contribution in [1.82, 2.24) is 6.15 Å². The zero-order valence-electron chi connectivity index (χ0n) is 4.22. The molecule has 0 heterocycles. The highest BCUT2D eigenvalue weighted by Crippen LogP contribution is 1.65. The first-order valence-electron chi connectivity index (χ1n) is 1.63. The number of hydrogen-bond acceptors (Lipinski definition) is 2. The summed E-state index contributed by atoms with van der Waals surface area (Å²) in [6, 6.07) is 0. The van der Waals surface area contributed by atoms with E-state index in [1.54, 1.807) is 6.92 Å². The van der Waals surface area contributed by atoms with Gasteiger partial charge >= 0.3 is 5.97 Å². The highest BCUT2D eigenvalue weighted by Gasteiger charge is 1.76. The molecule has 0 radical (unpaired) electrons. The third kappa shape index (κ3) is 11.0. The number of carboxylic acids is 1. The Hall–Kier alpha value is -0.830. The molecule has 0 amide bonds. The van der Waals surface area contributed by atoms with Crippen molar-refractivity contribution in [1.29, 1.82) is 0 Å². The first-order valence-corrected chi connectivity index (χ1v) is 1.63. The van der Waals surface area contributed by atoms with E-state index in [9.17, 15) is 4.79 Å². The first kappa shape index (κ1) is 9.48. The van der Waals surface area contributed by atoms with Gasteiger partial charge in [-0.05, 0) is 6.92 Å². The Bertz CT molecular complexity index is 77.8. The van der Waals surface area contributed by atoms with Gasteiger partial charge in [-0.25, -0.2) is 4.79 Å². The molecular weight excluding hydrogens is 94.0 g/mol. The van der Waals surface area contributed by atoms with Gasteiger partial charge in [0.15, 0.2) is 0 Å². The van der Waals surface area contributed by atoms with E-state index in [0.717, 1.165) is 6.08 Å². The third-order valence-corrected chi connectivity index (χ3v) is 0.309. The fourth-order valence-electron chi connectivity index (χ4n) is 0.143. The van der Waals surface area contributed by atoms with Gasteiger partial charge in [0, 0.05) is 6.08 Å². The van der Waals surface area contributed by atoms with Crippen molar-refractivity contribution in [2.24, 2.45) is 0 Å². The van der Waals surface area contributed by atoms with Crippen molar-refractivity contribution in [2.45, 2.75) is 6.92 Å². The number of aliphatic carboxylic acids is 1. The summed E-state index contributed by atoms with van der Waals surface area (Å²) in [5, 5.41) is 7.83. The van der Waals surface area contributed by atoms with E-state index in [-0.39, 0.29) is 6.15 Å². The van der Waals surface area contributed by atoms with Crippen LogP contribution in [0.25, 0.3) is 0 Å². The molecule has 0 aromatic heterocycles. The SMILES string of the molecule is C/C=C/C(=O)O.N. The second-order valence-corrected chi connectivity index (χ2v) is 0.838. The molecule has 42 valence electrons. The van der Waals surface area contributed by atoms with E-state index in [0.29, 0.717) is 0 Å². The van der Waals surface area contributed by atoms with Gasteiger partial charge in [-0.2, -0.15) is 0 Å². The van der Waals surface area contributed by atoms with Gasteiger partial charge in [0.2, 0.25) is 0 Å². The van der Waals surface area contributed by atoms with Gasteiger partial charge in [-0.3, -0.25) is 0 Å². The minimum atomic E-state index is -0.891. The van der Waals surface area contributed by atoms with Gasteiger partial charge < -0.3 is 11.3 Å². The lowest BCUT2D eigenvalue weighted by Gasteiger charge is -1.68. The monoisotopic (exact) mass is 103 g/mol. The van der Waals surface area contributed by atoms with Crippen molar-refractivity contribution in [2.75, 3.05) is 0 Å². The van der Waals surface area contributed by atoms with E-state index < -0.39 is 5.97 Å². The van der Waals surface area contributed by atoms with Crippen molar-refractivity contribution in [3.63, 3.8) is 0 Å². The molecule has 0 aromatic rings. The van der Waals surface area contributed by atoms with Crippen LogP contribution in [0.3, 0.4) is 0 Å². The Balaban J connectivity index is 0. The maximum absolute atomic E-state index is 9.51. The molecule has 0 rings (SSSR count). The molecule has 7 heavy (non-hydrogen) atoms. The van der Waals surface area contributed by atoms with Gasteiger partial charge in [-0.15, -0.1) is 0 Å². The topological polar surface area (TPSA) is 72.3 Å². The molecule has 0 bridgehead atoms. The maximum Gasteiger partial charge on any atom is 0.327 e. The smallest absolute Gasteiger partial charge is 0.327 e. The molecule has 0 aliphatic rings. The van der Waals surface area contributed by atoms with Crippen LogP contribution in [0.5, 0.6) is 0 Å². The van der Waals surface area contributed by atoms with Crippen LogP contribution >= 0.6 is 0 Å².